The van der Waals surface area contributed by atoms with Gasteiger partial charge in [-0.15, -0.1) is 0 Å². The average Bonchev–Trinajstić information content (AvgIpc) is 1.85. The van der Waals surface area contributed by atoms with Crippen LogP contribution in [0.5, 0.6) is 0 Å². The van der Waals surface area contributed by atoms with E-state index in [-0.39, 0.29) is 0 Å². The Bertz CT molecular complexity index is 206. The zero-order valence-electron chi connectivity index (χ0n) is 7.97. The molecule has 0 aliphatic heterocycles. The molecule has 0 aromatic carbocycles. The first kappa shape index (κ1) is 10.1. The highest BCUT2D eigenvalue weighted by molar-refractivity contribution is 5.94. The Morgan fingerprint density at radius 1 is 1.00 bits per heavy atom. The van der Waals surface area contributed by atoms with Crippen molar-refractivity contribution in [1.82, 2.24) is 0 Å². The SMILES string of the molecule is CC=C(C)N=C(C)N=C(C)C. The predicted molar refractivity (Wildman–Crippen MR) is 51.3 cm³/mol. The monoisotopic (exact) mass is 152 g/mol. The molecule has 11 heavy (non-hydrogen) atoms. The Kier molecular flexibility index (Phi) is 4.42. The number of aliphatic imine (C=N–C) groups is 2. The van der Waals surface area contributed by atoms with E-state index in [2.05, 4.69) is 9.98 Å². The van der Waals surface area contributed by atoms with Crippen LogP contribution in [0.15, 0.2) is 21.8 Å². The molecule has 0 radical (unpaired) electrons. The summed E-state index contributed by atoms with van der Waals surface area (Å²) in [6, 6.07) is 0. The molecular weight excluding hydrogens is 136 g/mol. The molecule has 0 saturated carbocycles. The summed E-state index contributed by atoms with van der Waals surface area (Å²) in [5, 5.41) is 0. The molecule has 0 unspecified atom stereocenters. The lowest BCUT2D eigenvalue weighted by atomic mass is 10.4. The van der Waals surface area contributed by atoms with Gasteiger partial charge in [0.1, 0.15) is 5.84 Å². The first-order valence-electron chi connectivity index (χ1n) is 3.76. The fraction of sp³-hybridized carbons (Fsp3) is 0.556. The highest BCUT2D eigenvalue weighted by Gasteiger charge is 1.86. The molecule has 0 spiro atoms. The van der Waals surface area contributed by atoms with Crippen molar-refractivity contribution in [2.45, 2.75) is 34.6 Å². The van der Waals surface area contributed by atoms with Crippen molar-refractivity contribution in [1.29, 1.82) is 0 Å². The third-order valence-electron chi connectivity index (χ3n) is 1.14. The summed E-state index contributed by atoms with van der Waals surface area (Å²) in [5.41, 5.74) is 2.04. The molecule has 0 aromatic rings. The van der Waals surface area contributed by atoms with E-state index in [9.17, 15) is 0 Å². The average molecular weight is 152 g/mol. The maximum atomic E-state index is 4.23. The number of hydrogen-bond donors (Lipinski definition) is 0. The molecule has 0 bridgehead atoms. The molecule has 0 saturated heterocycles. The molecule has 2 nitrogen and oxygen atoms in total. The normalized spacial score (nSPS) is 13.2. The molecule has 2 heteroatoms. The predicted octanol–water partition coefficient (Wildman–Crippen LogP) is 2.81. The maximum Gasteiger partial charge on any atom is 0.125 e. The lowest BCUT2D eigenvalue weighted by molar-refractivity contribution is 1.26. The standard InChI is InChI=1S/C9H16N2/c1-6-8(4)11-9(5)10-7(2)3/h6H,1-5H3. The van der Waals surface area contributed by atoms with Gasteiger partial charge in [0.25, 0.3) is 0 Å². The lowest BCUT2D eigenvalue weighted by Crippen LogP contribution is -1.91. The topological polar surface area (TPSA) is 24.7 Å². The van der Waals surface area contributed by atoms with E-state index in [1.165, 1.54) is 0 Å². The molecule has 0 aromatic heterocycles. The third-order valence-corrected chi connectivity index (χ3v) is 1.14. The smallest absolute Gasteiger partial charge is 0.125 e. The highest BCUT2D eigenvalue weighted by atomic mass is 14.9. The van der Waals surface area contributed by atoms with Crippen molar-refractivity contribution in [2.75, 3.05) is 0 Å². The molecule has 0 aliphatic rings. The van der Waals surface area contributed by atoms with E-state index in [0.29, 0.717) is 0 Å². The van der Waals surface area contributed by atoms with Gasteiger partial charge in [0.2, 0.25) is 0 Å². The van der Waals surface area contributed by atoms with Crippen molar-refractivity contribution < 1.29 is 0 Å². The highest BCUT2D eigenvalue weighted by Crippen LogP contribution is 1.95. The number of hydrogen-bond acceptors (Lipinski definition) is 1. The van der Waals surface area contributed by atoms with Crippen LogP contribution in [0.25, 0.3) is 0 Å². The van der Waals surface area contributed by atoms with Gasteiger partial charge in [-0.05, 0) is 34.6 Å². The Morgan fingerprint density at radius 2 is 1.55 bits per heavy atom. The van der Waals surface area contributed by atoms with Crippen molar-refractivity contribution in [3.05, 3.63) is 11.8 Å². The quantitative estimate of drug-likeness (QED) is 0.408. The Hall–Kier alpha value is -0.920. The van der Waals surface area contributed by atoms with E-state index < -0.39 is 0 Å². The van der Waals surface area contributed by atoms with E-state index in [1.54, 1.807) is 0 Å². The van der Waals surface area contributed by atoms with Gasteiger partial charge in [0.15, 0.2) is 0 Å². The molecule has 62 valence electrons. The molecular formula is C9H16N2. The Balaban J connectivity index is 4.36. The van der Waals surface area contributed by atoms with Gasteiger partial charge in [-0.25, -0.2) is 9.98 Å². The van der Waals surface area contributed by atoms with Crippen LogP contribution in [0.2, 0.25) is 0 Å². The van der Waals surface area contributed by atoms with Crippen LogP contribution in [0.1, 0.15) is 34.6 Å². The van der Waals surface area contributed by atoms with Crippen LogP contribution in [0.3, 0.4) is 0 Å². The van der Waals surface area contributed by atoms with Gasteiger partial charge >= 0.3 is 0 Å². The van der Waals surface area contributed by atoms with Crippen LogP contribution in [-0.2, 0) is 0 Å². The van der Waals surface area contributed by atoms with Crippen molar-refractivity contribution >= 4 is 11.5 Å². The lowest BCUT2D eigenvalue weighted by Gasteiger charge is -1.93. The van der Waals surface area contributed by atoms with E-state index >= 15 is 0 Å². The third kappa shape index (κ3) is 5.52. The summed E-state index contributed by atoms with van der Waals surface area (Å²) < 4.78 is 0. The van der Waals surface area contributed by atoms with Crippen LogP contribution < -0.4 is 0 Å². The Labute approximate surface area is 68.8 Å². The van der Waals surface area contributed by atoms with Crippen LogP contribution in [-0.4, -0.2) is 11.5 Å². The number of allylic oxidation sites excluding steroid dienone is 2. The van der Waals surface area contributed by atoms with Crippen LogP contribution >= 0.6 is 0 Å². The van der Waals surface area contributed by atoms with Gasteiger partial charge in [0.05, 0.1) is 0 Å². The van der Waals surface area contributed by atoms with Crippen LogP contribution in [0.4, 0.5) is 0 Å². The minimum Gasteiger partial charge on any atom is -0.243 e. The zero-order valence-corrected chi connectivity index (χ0v) is 7.97. The second kappa shape index (κ2) is 4.83. The van der Waals surface area contributed by atoms with Gasteiger partial charge in [-0.1, -0.05) is 6.08 Å². The number of rotatable bonds is 1. The fourth-order valence-corrected chi connectivity index (χ4v) is 0.668. The summed E-state index contributed by atoms with van der Waals surface area (Å²) in [7, 11) is 0. The molecule has 0 fully saturated rings. The molecule has 0 aliphatic carbocycles. The summed E-state index contributed by atoms with van der Waals surface area (Å²) in [4.78, 5) is 8.42. The first-order valence-corrected chi connectivity index (χ1v) is 3.76. The largest absolute Gasteiger partial charge is 0.243 e. The molecule has 0 heterocycles. The van der Waals surface area contributed by atoms with Gasteiger partial charge < -0.3 is 0 Å². The van der Waals surface area contributed by atoms with Crippen molar-refractivity contribution in [3.63, 3.8) is 0 Å². The minimum atomic E-state index is 0.820. The Morgan fingerprint density at radius 3 is 1.91 bits per heavy atom. The second-order valence-corrected chi connectivity index (χ2v) is 2.65. The second-order valence-electron chi connectivity index (χ2n) is 2.65. The maximum absolute atomic E-state index is 4.23. The summed E-state index contributed by atoms with van der Waals surface area (Å²) in [6.07, 6.45) is 1.96. The summed E-state index contributed by atoms with van der Waals surface area (Å²) in [6.45, 7) is 9.76. The summed E-state index contributed by atoms with van der Waals surface area (Å²) >= 11 is 0. The molecule has 0 N–H and O–H groups in total. The van der Waals surface area contributed by atoms with E-state index in [4.69, 9.17) is 0 Å². The van der Waals surface area contributed by atoms with Gasteiger partial charge in [0, 0.05) is 11.4 Å². The fourth-order valence-electron chi connectivity index (χ4n) is 0.668. The zero-order chi connectivity index (χ0) is 8.85. The number of amidine groups is 1. The summed E-state index contributed by atoms with van der Waals surface area (Å²) in [5.74, 6) is 0.820. The van der Waals surface area contributed by atoms with Crippen LogP contribution in [0, 0.1) is 0 Å². The van der Waals surface area contributed by atoms with E-state index in [0.717, 1.165) is 17.2 Å². The van der Waals surface area contributed by atoms with Crippen molar-refractivity contribution in [2.24, 2.45) is 9.98 Å². The molecule has 0 atom stereocenters. The van der Waals surface area contributed by atoms with Gasteiger partial charge in [-0.3, -0.25) is 0 Å². The van der Waals surface area contributed by atoms with Gasteiger partial charge in [-0.2, -0.15) is 0 Å². The minimum absolute atomic E-state index is 0.820. The molecule has 0 rings (SSSR count). The number of nitrogens with zero attached hydrogens (tertiary/aromatic N) is 2. The van der Waals surface area contributed by atoms with E-state index in [1.807, 2.05) is 40.7 Å². The molecule has 0 amide bonds. The first-order chi connectivity index (χ1) is 5.06. The van der Waals surface area contributed by atoms with Crippen molar-refractivity contribution in [3.8, 4) is 0 Å².